The van der Waals surface area contributed by atoms with Crippen LogP contribution in [0.3, 0.4) is 0 Å². The molecule has 18 heavy (non-hydrogen) atoms. The monoisotopic (exact) mass is 249 g/mol. The maximum atomic E-state index is 5.81. The van der Waals surface area contributed by atoms with Crippen molar-refractivity contribution in [2.24, 2.45) is 5.92 Å². The van der Waals surface area contributed by atoms with Crippen molar-refractivity contribution >= 4 is 11.8 Å². The third-order valence-corrected chi connectivity index (χ3v) is 3.33. The van der Waals surface area contributed by atoms with Crippen LogP contribution in [0.2, 0.25) is 0 Å². The van der Waals surface area contributed by atoms with Gasteiger partial charge in [-0.05, 0) is 12.3 Å². The summed E-state index contributed by atoms with van der Waals surface area (Å²) in [6.45, 7) is 7.29. The van der Waals surface area contributed by atoms with Crippen LogP contribution < -0.4 is 16.0 Å². The second kappa shape index (κ2) is 5.52. The summed E-state index contributed by atoms with van der Waals surface area (Å²) in [5.41, 5.74) is 8.12. The van der Waals surface area contributed by atoms with E-state index in [1.807, 2.05) is 0 Å². The van der Waals surface area contributed by atoms with Gasteiger partial charge in [0.2, 0.25) is 5.95 Å². The highest BCUT2D eigenvalue weighted by molar-refractivity contribution is 5.52. The van der Waals surface area contributed by atoms with Crippen molar-refractivity contribution in [3.63, 3.8) is 0 Å². The Bertz CT molecular complexity index is 416. The van der Waals surface area contributed by atoms with Gasteiger partial charge in [0.15, 0.2) is 0 Å². The molecular weight excluding hydrogens is 226 g/mol. The number of nitrogen functional groups attached to an aromatic ring is 1. The Morgan fingerprint density at radius 1 is 1.39 bits per heavy atom. The van der Waals surface area contributed by atoms with Gasteiger partial charge in [-0.3, -0.25) is 0 Å². The number of aromatic nitrogens is 2. The van der Waals surface area contributed by atoms with Gasteiger partial charge in [-0.15, -0.1) is 0 Å². The predicted octanol–water partition coefficient (Wildman–Crippen LogP) is 1.19. The van der Waals surface area contributed by atoms with Crippen molar-refractivity contribution < 1.29 is 0 Å². The van der Waals surface area contributed by atoms with Crippen LogP contribution in [0, 0.1) is 5.92 Å². The number of nitrogens with two attached hydrogens (primary N) is 1. The molecule has 1 aromatic heterocycles. The van der Waals surface area contributed by atoms with Crippen molar-refractivity contribution in [1.82, 2.24) is 15.3 Å². The van der Waals surface area contributed by atoms with E-state index in [0.29, 0.717) is 11.9 Å². The SMILES string of the molecule is CC(C)CCN(C)c1nc(N)nc2c1CNCC2. The molecule has 5 heteroatoms. The first-order valence-electron chi connectivity index (χ1n) is 6.65. The Kier molecular flexibility index (Phi) is 4.01. The van der Waals surface area contributed by atoms with Gasteiger partial charge in [0.1, 0.15) is 5.82 Å². The van der Waals surface area contributed by atoms with E-state index in [9.17, 15) is 0 Å². The molecule has 1 aromatic rings. The largest absolute Gasteiger partial charge is 0.368 e. The molecule has 0 radical (unpaired) electrons. The molecule has 1 aliphatic heterocycles. The molecule has 5 nitrogen and oxygen atoms in total. The van der Waals surface area contributed by atoms with Gasteiger partial charge in [-0.25, -0.2) is 4.98 Å². The molecule has 2 rings (SSSR count). The van der Waals surface area contributed by atoms with Gasteiger partial charge >= 0.3 is 0 Å². The molecule has 3 N–H and O–H groups in total. The molecule has 2 heterocycles. The molecule has 0 bridgehead atoms. The van der Waals surface area contributed by atoms with Crippen molar-refractivity contribution in [1.29, 1.82) is 0 Å². The smallest absolute Gasteiger partial charge is 0.222 e. The molecule has 0 saturated heterocycles. The van der Waals surface area contributed by atoms with Crippen molar-refractivity contribution in [2.75, 3.05) is 30.8 Å². The average Bonchev–Trinajstić information content (AvgIpc) is 2.34. The van der Waals surface area contributed by atoms with Crippen molar-refractivity contribution in [3.8, 4) is 0 Å². The first kappa shape index (κ1) is 13.1. The number of anilines is 2. The maximum Gasteiger partial charge on any atom is 0.222 e. The Morgan fingerprint density at radius 2 is 2.17 bits per heavy atom. The summed E-state index contributed by atoms with van der Waals surface area (Å²) in [4.78, 5) is 11.0. The number of hydrogen-bond acceptors (Lipinski definition) is 5. The van der Waals surface area contributed by atoms with Gasteiger partial charge in [0.05, 0.1) is 5.69 Å². The summed E-state index contributed by atoms with van der Waals surface area (Å²) in [5, 5.41) is 3.37. The van der Waals surface area contributed by atoms with Gasteiger partial charge in [-0.2, -0.15) is 4.98 Å². The summed E-state index contributed by atoms with van der Waals surface area (Å²) >= 11 is 0. The fourth-order valence-electron chi connectivity index (χ4n) is 2.22. The van der Waals surface area contributed by atoms with E-state index < -0.39 is 0 Å². The van der Waals surface area contributed by atoms with E-state index in [4.69, 9.17) is 5.73 Å². The molecule has 100 valence electrons. The third-order valence-electron chi connectivity index (χ3n) is 3.33. The summed E-state index contributed by atoms with van der Waals surface area (Å²) in [6, 6.07) is 0. The van der Waals surface area contributed by atoms with E-state index in [-0.39, 0.29) is 0 Å². The molecular formula is C13H23N5. The highest BCUT2D eigenvalue weighted by atomic mass is 15.2. The third kappa shape index (κ3) is 2.90. The molecule has 0 spiro atoms. The number of fused-ring (bicyclic) bond motifs is 1. The first-order valence-corrected chi connectivity index (χ1v) is 6.65. The van der Waals surface area contributed by atoms with Crippen LogP contribution in [0.4, 0.5) is 11.8 Å². The lowest BCUT2D eigenvalue weighted by Gasteiger charge is -2.26. The Morgan fingerprint density at radius 3 is 2.89 bits per heavy atom. The zero-order valence-corrected chi connectivity index (χ0v) is 11.5. The highest BCUT2D eigenvalue weighted by Gasteiger charge is 2.19. The average molecular weight is 249 g/mol. The summed E-state index contributed by atoms with van der Waals surface area (Å²) < 4.78 is 0. The number of hydrogen-bond donors (Lipinski definition) is 2. The second-order valence-electron chi connectivity index (χ2n) is 5.36. The molecule has 0 saturated carbocycles. The minimum absolute atomic E-state index is 0.391. The summed E-state index contributed by atoms with van der Waals surface area (Å²) in [5.74, 6) is 2.08. The predicted molar refractivity (Wildman–Crippen MR) is 74.6 cm³/mol. The van der Waals surface area contributed by atoms with E-state index in [0.717, 1.165) is 44.0 Å². The van der Waals surface area contributed by atoms with Crippen LogP contribution in [-0.2, 0) is 13.0 Å². The van der Waals surface area contributed by atoms with Gasteiger partial charge in [-0.1, -0.05) is 13.8 Å². The van der Waals surface area contributed by atoms with E-state index in [1.165, 1.54) is 5.56 Å². The Hall–Kier alpha value is -1.36. The molecule has 0 atom stereocenters. The molecule has 0 unspecified atom stereocenters. The topological polar surface area (TPSA) is 67.1 Å². The lowest BCUT2D eigenvalue weighted by Crippen LogP contribution is -2.30. The first-order chi connectivity index (χ1) is 8.58. The second-order valence-corrected chi connectivity index (χ2v) is 5.36. The maximum absolute atomic E-state index is 5.81. The zero-order valence-electron chi connectivity index (χ0n) is 11.5. The van der Waals surface area contributed by atoms with Crippen LogP contribution >= 0.6 is 0 Å². The van der Waals surface area contributed by atoms with Crippen LogP contribution in [-0.4, -0.2) is 30.1 Å². The summed E-state index contributed by atoms with van der Waals surface area (Å²) in [7, 11) is 2.08. The zero-order chi connectivity index (χ0) is 13.1. The molecule has 0 aliphatic carbocycles. The minimum Gasteiger partial charge on any atom is -0.368 e. The standard InChI is InChI=1S/C13H23N5/c1-9(2)5-7-18(3)12-10-8-15-6-4-11(10)16-13(14)17-12/h9,15H,4-8H2,1-3H3,(H2,14,16,17). The normalized spacial score (nSPS) is 14.7. The molecule has 0 aromatic carbocycles. The number of nitrogens with zero attached hydrogens (tertiary/aromatic N) is 3. The van der Waals surface area contributed by atoms with Crippen LogP contribution in [0.15, 0.2) is 0 Å². The highest BCUT2D eigenvalue weighted by Crippen LogP contribution is 2.23. The molecule has 0 fully saturated rings. The lowest BCUT2D eigenvalue weighted by molar-refractivity contribution is 0.578. The van der Waals surface area contributed by atoms with Crippen molar-refractivity contribution in [2.45, 2.75) is 33.2 Å². The van der Waals surface area contributed by atoms with Crippen LogP contribution in [0.25, 0.3) is 0 Å². The van der Waals surface area contributed by atoms with Crippen LogP contribution in [0.1, 0.15) is 31.5 Å². The van der Waals surface area contributed by atoms with Crippen LogP contribution in [0.5, 0.6) is 0 Å². The Balaban J connectivity index is 2.23. The fourth-order valence-corrected chi connectivity index (χ4v) is 2.22. The summed E-state index contributed by atoms with van der Waals surface area (Å²) in [6.07, 6.45) is 2.09. The minimum atomic E-state index is 0.391. The number of rotatable bonds is 4. The molecule has 0 amide bonds. The van der Waals surface area contributed by atoms with E-state index in [2.05, 4.69) is 41.1 Å². The quantitative estimate of drug-likeness (QED) is 0.839. The molecule has 1 aliphatic rings. The Labute approximate surface area is 109 Å². The van der Waals surface area contributed by atoms with Gasteiger partial charge < -0.3 is 16.0 Å². The van der Waals surface area contributed by atoms with Crippen molar-refractivity contribution in [3.05, 3.63) is 11.3 Å². The lowest BCUT2D eigenvalue weighted by atomic mass is 10.1. The van der Waals surface area contributed by atoms with Gasteiger partial charge in [0, 0.05) is 38.7 Å². The van der Waals surface area contributed by atoms with E-state index in [1.54, 1.807) is 0 Å². The van der Waals surface area contributed by atoms with Gasteiger partial charge in [0.25, 0.3) is 0 Å². The van der Waals surface area contributed by atoms with E-state index >= 15 is 0 Å². The number of nitrogens with one attached hydrogen (secondary N) is 1. The fraction of sp³-hybridized carbons (Fsp3) is 0.692.